The number of rotatable bonds is 4. The largest absolute Gasteiger partial charge is 0.497 e. The molecular weight excluding hydrogens is 264 g/mol. The molecule has 110 valence electrons. The minimum Gasteiger partial charge on any atom is -0.497 e. The normalized spacial score (nSPS) is 16.8. The summed E-state index contributed by atoms with van der Waals surface area (Å²) in [5.74, 6) is 3.20. The van der Waals surface area contributed by atoms with E-state index in [0.717, 1.165) is 36.7 Å². The van der Waals surface area contributed by atoms with Gasteiger partial charge in [-0.15, -0.1) is 0 Å². The lowest BCUT2D eigenvalue weighted by atomic mass is 9.87. The maximum absolute atomic E-state index is 5.77. The SMILES string of the molecule is COc1ccc(C[C@@H]2CCOc3cc(OC)ccc32)cc1. The van der Waals surface area contributed by atoms with Crippen molar-refractivity contribution in [1.82, 2.24) is 0 Å². The van der Waals surface area contributed by atoms with E-state index in [2.05, 4.69) is 18.2 Å². The molecule has 3 heteroatoms. The quantitative estimate of drug-likeness (QED) is 0.854. The van der Waals surface area contributed by atoms with Crippen molar-refractivity contribution in [2.24, 2.45) is 0 Å². The first-order chi connectivity index (χ1) is 10.3. The van der Waals surface area contributed by atoms with E-state index in [4.69, 9.17) is 14.2 Å². The van der Waals surface area contributed by atoms with Gasteiger partial charge < -0.3 is 14.2 Å². The first-order valence-corrected chi connectivity index (χ1v) is 7.24. The van der Waals surface area contributed by atoms with Gasteiger partial charge in [-0.05, 0) is 48.1 Å². The monoisotopic (exact) mass is 284 g/mol. The summed E-state index contributed by atoms with van der Waals surface area (Å²) in [5, 5.41) is 0. The molecule has 2 aromatic carbocycles. The van der Waals surface area contributed by atoms with Crippen LogP contribution in [0.4, 0.5) is 0 Å². The fourth-order valence-electron chi connectivity index (χ4n) is 2.83. The van der Waals surface area contributed by atoms with Gasteiger partial charge in [0.2, 0.25) is 0 Å². The predicted molar refractivity (Wildman–Crippen MR) is 82.5 cm³/mol. The maximum Gasteiger partial charge on any atom is 0.126 e. The Balaban J connectivity index is 1.81. The van der Waals surface area contributed by atoms with Gasteiger partial charge >= 0.3 is 0 Å². The van der Waals surface area contributed by atoms with Crippen LogP contribution in [0.5, 0.6) is 17.2 Å². The summed E-state index contributed by atoms with van der Waals surface area (Å²) in [6.07, 6.45) is 2.07. The van der Waals surface area contributed by atoms with Gasteiger partial charge in [0.15, 0.2) is 0 Å². The fraction of sp³-hybridized carbons (Fsp3) is 0.333. The molecule has 0 spiro atoms. The highest BCUT2D eigenvalue weighted by molar-refractivity contribution is 5.44. The Kier molecular flexibility index (Phi) is 4.00. The molecule has 0 unspecified atom stereocenters. The second-order valence-corrected chi connectivity index (χ2v) is 5.29. The molecule has 1 aliphatic rings. The number of hydrogen-bond acceptors (Lipinski definition) is 3. The molecule has 0 aliphatic carbocycles. The topological polar surface area (TPSA) is 27.7 Å². The standard InChI is InChI=1S/C18H20O3/c1-19-15-5-3-13(4-6-15)11-14-9-10-21-18-12-16(20-2)7-8-17(14)18/h3-8,12,14H,9-11H2,1-2H3/t14-/m0/s1. The summed E-state index contributed by atoms with van der Waals surface area (Å²) in [5.41, 5.74) is 2.60. The molecule has 21 heavy (non-hydrogen) atoms. The van der Waals surface area contributed by atoms with Crippen molar-refractivity contribution < 1.29 is 14.2 Å². The van der Waals surface area contributed by atoms with Crippen LogP contribution in [0.15, 0.2) is 42.5 Å². The Morgan fingerprint density at radius 3 is 2.43 bits per heavy atom. The number of methoxy groups -OCH3 is 2. The Morgan fingerprint density at radius 2 is 1.71 bits per heavy atom. The molecule has 3 rings (SSSR count). The number of benzene rings is 2. The summed E-state index contributed by atoms with van der Waals surface area (Å²) < 4.78 is 16.2. The van der Waals surface area contributed by atoms with E-state index in [-0.39, 0.29) is 0 Å². The number of fused-ring (bicyclic) bond motifs is 1. The highest BCUT2D eigenvalue weighted by atomic mass is 16.5. The lowest BCUT2D eigenvalue weighted by molar-refractivity contribution is 0.265. The van der Waals surface area contributed by atoms with Crippen LogP contribution in [0, 0.1) is 0 Å². The molecule has 1 atom stereocenters. The van der Waals surface area contributed by atoms with Gasteiger partial charge in [-0.2, -0.15) is 0 Å². The van der Waals surface area contributed by atoms with Gasteiger partial charge in [0, 0.05) is 6.07 Å². The molecule has 3 nitrogen and oxygen atoms in total. The zero-order valence-electron chi connectivity index (χ0n) is 12.5. The van der Waals surface area contributed by atoms with E-state index in [1.54, 1.807) is 14.2 Å². The second-order valence-electron chi connectivity index (χ2n) is 5.29. The molecule has 0 radical (unpaired) electrons. The van der Waals surface area contributed by atoms with E-state index in [1.165, 1.54) is 11.1 Å². The van der Waals surface area contributed by atoms with Crippen molar-refractivity contribution in [3.8, 4) is 17.2 Å². The van der Waals surface area contributed by atoms with Gasteiger partial charge in [0.25, 0.3) is 0 Å². The zero-order chi connectivity index (χ0) is 14.7. The van der Waals surface area contributed by atoms with E-state index >= 15 is 0 Å². The third-order valence-corrected chi connectivity index (χ3v) is 4.03. The summed E-state index contributed by atoms with van der Waals surface area (Å²) >= 11 is 0. The van der Waals surface area contributed by atoms with Crippen LogP contribution >= 0.6 is 0 Å². The number of ether oxygens (including phenoxy) is 3. The summed E-state index contributed by atoms with van der Waals surface area (Å²) in [6.45, 7) is 0.765. The van der Waals surface area contributed by atoms with Crippen molar-refractivity contribution in [3.63, 3.8) is 0 Å². The van der Waals surface area contributed by atoms with E-state index in [0.29, 0.717) is 5.92 Å². The summed E-state index contributed by atoms with van der Waals surface area (Å²) in [6, 6.07) is 14.4. The molecule has 0 bridgehead atoms. The van der Waals surface area contributed by atoms with Gasteiger partial charge in [0.05, 0.1) is 20.8 Å². The smallest absolute Gasteiger partial charge is 0.126 e. The molecule has 1 heterocycles. The number of hydrogen-bond donors (Lipinski definition) is 0. The van der Waals surface area contributed by atoms with Crippen molar-refractivity contribution >= 4 is 0 Å². The molecule has 0 aromatic heterocycles. The average molecular weight is 284 g/mol. The van der Waals surface area contributed by atoms with Crippen molar-refractivity contribution in [2.45, 2.75) is 18.8 Å². The van der Waals surface area contributed by atoms with Gasteiger partial charge in [-0.1, -0.05) is 18.2 Å². The third kappa shape index (κ3) is 2.97. The van der Waals surface area contributed by atoms with E-state index in [9.17, 15) is 0 Å². The van der Waals surface area contributed by atoms with Crippen molar-refractivity contribution in [1.29, 1.82) is 0 Å². The van der Waals surface area contributed by atoms with Gasteiger partial charge in [0.1, 0.15) is 17.2 Å². The Labute approximate surface area is 125 Å². The highest BCUT2D eigenvalue weighted by Crippen LogP contribution is 2.38. The molecular formula is C18H20O3. The predicted octanol–water partition coefficient (Wildman–Crippen LogP) is 3.81. The van der Waals surface area contributed by atoms with Crippen molar-refractivity contribution in [2.75, 3.05) is 20.8 Å². The summed E-state index contributed by atoms with van der Waals surface area (Å²) in [4.78, 5) is 0. The fourth-order valence-corrected chi connectivity index (χ4v) is 2.83. The first kappa shape index (κ1) is 13.8. The van der Waals surface area contributed by atoms with Crippen LogP contribution in [-0.4, -0.2) is 20.8 Å². The Hall–Kier alpha value is -2.16. The second kappa shape index (κ2) is 6.08. The van der Waals surface area contributed by atoms with Crippen LogP contribution in [-0.2, 0) is 6.42 Å². The molecule has 0 fully saturated rings. The maximum atomic E-state index is 5.77. The lowest BCUT2D eigenvalue weighted by Crippen LogP contribution is -2.16. The first-order valence-electron chi connectivity index (χ1n) is 7.24. The van der Waals surface area contributed by atoms with Crippen molar-refractivity contribution in [3.05, 3.63) is 53.6 Å². The van der Waals surface area contributed by atoms with Crippen LogP contribution < -0.4 is 14.2 Å². The molecule has 0 amide bonds. The van der Waals surface area contributed by atoms with E-state index < -0.39 is 0 Å². The lowest BCUT2D eigenvalue weighted by Gasteiger charge is -2.26. The Bertz CT molecular complexity index is 604. The van der Waals surface area contributed by atoms with Crippen LogP contribution in [0.3, 0.4) is 0 Å². The average Bonchev–Trinajstić information content (AvgIpc) is 2.55. The minimum atomic E-state index is 0.494. The Morgan fingerprint density at radius 1 is 1.00 bits per heavy atom. The van der Waals surface area contributed by atoms with Crippen LogP contribution in [0.25, 0.3) is 0 Å². The highest BCUT2D eigenvalue weighted by Gasteiger charge is 2.22. The zero-order valence-corrected chi connectivity index (χ0v) is 12.5. The van der Waals surface area contributed by atoms with Crippen LogP contribution in [0.2, 0.25) is 0 Å². The van der Waals surface area contributed by atoms with E-state index in [1.807, 2.05) is 24.3 Å². The minimum absolute atomic E-state index is 0.494. The summed E-state index contributed by atoms with van der Waals surface area (Å²) in [7, 11) is 3.37. The molecule has 0 N–H and O–H groups in total. The molecule has 0 saturated heterocycles. The van der Waals surface area contributed by atoms with Gasteiger partial charge in [-0.25, -0.2) is 0 Å². The molecule has 1 aliphatic heterocycles. The van der Waals surface area contributed by atoms with Crippen LogP contribution in [0.1, 0.15) is 23.5 Å². The molecule has 0 saturated carbocycles. The third-order valence-electron chi connectivity index (χ3n) is 4.03. The molecule has 2 aromatic rings. The van der Waals surface area contributed by atoms with Gasteiger partial charge in [-0.3, -0.25) is 0 Å².